The Labute approximate surface area is 111 Å². The summed E-state index contributed by atoms with van der Waals surface area (Å²) in [4.78, 5) is 14.8. The first-order valence-corrected chi connectivity index (χ1v) is 5.98. The number of anilines is 1. The van der Waals surface area contributed by atoms with Crippen LogP contribution in [0, 0.1) is 24.0 Å². The van der Waals surface area contributed by atoms with Crippen LogP contribution in [-0.4, -0.2) is 9.91 Å². The van der Waals surface area contributed by atoms with E-state index in [-0.39, 0.29) is 10.6 Å². The second-order valence-electron chi connectivity index (χ2n) is 4.34. The minimum Gasteiger partial charge on any atom is -0.366 e. The number of pyridine rings is 1. The fourth-order valence-corrected chi connectivity index (χ4v) is 1.89. The van der Waals surface area contributed by atoms with Crippen molar-refractivity contribution < 1.29 is 4.92 Å². The van der Waals surface area contributed by atoms with E-state index in [0.717, 1.165) is 17.1 Å². The summed E-state index contributed by atoms with van der Waals surface area (Å²) in [5.41, 5.74) is 2.67. The normalized spacial score (nSPS) is 10.2. The predicted octanol–water partition coefficient (Wildman–Crippen LogP) is 3.22. The van der Waals surface area contributed by atoms with Crippen LogP contribution in [0.15, 0.2) is 36.4 Å². The van der Waals surface area contributed by atoms with E-state index >= 15 is 0 Å². The number of hydrogen-bond donors (Lipinski definition) is 1. The quantitative estimate of drug-likeness (QED) is 0.674. The van der Waals surface area contributed by atoms with Gasteiger partial charge in [0.05, 0.1) is 4.92 Å². The van der Waals surface area contributed by atoms with Crippen molar-refractivity contribution in [3.8, 4) is 0 Å². The largest absolute Gasteiger partial charge is 0.366 e. The van der Waals surface area contributed by atoms with Gasteiger partial charge in [-0.3, -0.25) is 10.1 Å². The summed E-state index contributed by atoms with van der Waals surface area (Å²) in [6, 6.07) is 10.8. The van der Waals surface area contributed by atoms with Gasteiger partial charge in [0.1, 0.15) is 5.82 Å². The van der Waals surface area contributed by atoms with Crippen LogP contribution in [0.3, 0.4) is 0 Å². The number of nitrogens with zero attached hydrogens (tertiary/aromatic N) is 2. The smallest absolute Gasteiger partial charge is 0.272 e. The molecule has 1 aromatic carbocycles. The zero-order valence-electron chi connectivity index (χ0n) is 10.9. The Bertz CT molecular complexity index is 611. The van der Waals surface area contributed by atoms with Crippen molar-refractivity contribution in [1.82, 2.24) is 4.98 Å². The fourth-order valence-electron chi connectivity index (χ4n) is 1.89. The molecule has 0 radical (unpaired) electrons. The highest BCUT2D eigenvalue weighted by Gasteiger charge is 2.12. The summed E-state index contributed by atoms with van der Waals surface area (Å²) in [6.45, 7) is 4.20. The molecular weight excluding hydrogens is 242 g/mol. The van der Waals surface area contributed by atoms with Gasteiger partial charge >= 0.3 is 0 Å². The molecule has 0 saturated carbocycles. The molecule has 0 aliphatic rings. The fraction of sp³-hybridized carbons (Fsp3) is 0.214. The van der Waals surface area contributed by atoms with Crippen molar-refractivity contribution in [2.24, 2.45) is 0 Å². The maximum Gasteiger partial charge on any atom is 0.272 e. The van der Waals surface area contributed by atoms with Gasteiger partial charge in [-0.05, 0) is 31.5 Å². The maximum atomic E-state index is 10.9. The van der Waals surface area contributed by atoms with E-state index in [4.69, 9.17) is 0 Å². The number of aryl methyl sites for hydroxylation is 1. The number of nitro groups is 1. The average molecular weight is 257 g/mol. The topological polar surface area (TPSA) is 68.1 Å². The van der Waals surface area contributed by atoms with E-state index in [9.17, 15) is 10.1 Å². The molecule has 0 bridgehead atoms. The van der Waals surface area contributed by atoms with Gasteiger partial charge in [0, 0.05) is 23.9 Å². The molecule has 1 aromatic heterocycles. The molecule has 5 heteroatoms. The standard InChI is InChI=1S/C14H15N3O2/c1-10-5-3-8-14(16-10)15-9-12-6-4-7-13(11(12)2)17(18)19/h3-8H,9H2,1-2H3,(H,15,16). The summed E-state index contributed by atoms with van der Waals surface area (Å²) >= 11 is 0. The number of nitrogens with one attached hydrogen (secondary N) is 1. The SMILES string of the molecule is Cc1cccc(NCc2cccc([N+](=O)[O-])c2C)n1. The van der Waals surface area contributed by atoms with Crippen LogP contribution in [0.25, 0.3) is 0 Å². The monoisotopic (exact) mass is 257 g/mol. The van der Waals surface area contributed by atoms with Crippen LogP contribution >= 0.6 is 0 Å². The highest BCUT2D eigenvalue weighted by Crippen LogP contribution is 2.21. The number of hydrogen-bond acceptors (Lipinski definition) is 4. The van der Waals surface area contributed by atoms with Gasteiger partial charge in [-0.1, -0.05) is 18.2 Å². The molecule has 19 heavy (non-hydrogen) atoms. The van der Waals surface area contributed by atoms with Gasteiger partial charge < -0.3 is 5.32 Å². The first kappa shape index (κ1) is 13.0. The number of nitro benzene ring substituents is 1. The van der Waals surface area contributed by atoms with Crippen LogP contribution in [0.2, 0.25) is 0 Å². The third-order valence-corrected chi connectivity index (χ3v) is 2.96. The molecule has 1 heterocycles. The zero-order valence-corrected chi connectivity index (χ0v) is 10.9. The van der Waals surface area contributed by atoms with E-state index in [1.807, 2.05) is 31.2 Å². The summed E-state index contributed by atoms with van der Waals surface area (Å²) in [5, 5.41) is 14.0. The number of aromatic nitrogens is 1. The summed E-state index contributed by atoms with van der Waals surface area (Å²) in [5.74, 6) is 0.769. The molecular formula is C14H15N3O2. The molecule has 0 atom stereocenters. The maximum absolute atomic E-state index is 10.9. The Morgan fingerprint density at radius 2 is 1.95 bits per heavy atom. The van der Waals surface area contributed by atoms with Crippen molar-refractivity contribution in [3.05, 3.63) is 63.3 Å². The number of rotatable bonds is 4. The molecule has 0 unspecified atom stereocenters. The van der Waals surface area contributed by atoms with Crippen LogP contribution in [0.1, 0.15) is 16.8 Å². The zero-order chi connectivity index (χ0) is 13.8. The molecule has 0 fully saturated rings. The van der Waals surface area contributed by atoms with E-state index in [2.05, 4.69) is 10.3 Å². The Morgan fingerprint density at radius 3 is 2.63 bits per heavy atom. The van der Waals surface area contributed by atoms with Crippen LogP contribution in [0.5, 0.6) is 0 Å². The second-order valence-corrected chi connectivity index (χ2v) is 4.34. The molecule has 0 spiro atoms. The Balaban J connectivity index is 2.16. The summed E-state index contributed by atoms with van der Waals surface area (Å²) < 4.78 is 0. The Morgan fingerprint density at radius 1 is 1.21 bits per heavy atom. The lowest BCUT2D eigenvalue weighted by atomic mass is 10.1. The molecule has 1 N–H and O–H groups in total. The first-order chi connectivity index (χ1) is 9.08. The van der Waals surface area contributed by atoms with Crippen molar-refractivity contribution in [2.75, 3.05) is 5.32 Å². The van der Waals surface area contributed by atoms with Gasteiger partial charge in [-0.2, -0.15) is 0 Å². The van der Waals surface area contributed by atoms with E-state index < -0.39 is 0 Å². The highest BCUT2D eigenvalue weighted by molar-refractivity contribution is 5.46. The number of benzene rings is 1. The van der Waals surface area contributed by atoms with Crippen molar-refractivity contribution in [1.29, 1.82) is 0 Å². The molecule has 0 amide bonds. The third kappa shape index (κ3) is 3.07. The Kier molecular flexibility index (Phi) is 3.75. The van der Waals surface area contributed by atoms with Crippen LogP contribution in [0.4, 0.5) is 11.5 Å². The van der Waals surface area contributed by atoms with Gasteiger partial charge in [0.2, 0.25) is 0 Å². The van der Waals surface area contributed by atoms with Gasteiger partial charge in [0.15, 0.2) is 0 Å². The van der Waals surface area contributed by atoms with E-state index in [1.165, 1.54) is 6.07 Å². The lowest BCUT2D eigenvalue weighted by Gasteiger charge is -2.09. The van der Waals surface area contributed by atoms with Gasteiger partial charge in [-0.25, -0.2) is 4.98 Å². The lowest BCUT2D eigenvalue weighted by Crippen LogP contribution is -2.04. The molecule has 0 saturated heterocycles. The molecule has 5 nitrogen and oxygen atoms in total. The second kappa shape index (κ2) is 5.48. The first-order valence-electron chi connectivity index (χ1n) is 5.98. The van der Waals surface area contributed by atoms with Gasteiger partial charge in [0.25, 0.3) is 5.69 Å². The average Bonchev–Trinajstić information content (AvgIpc) is 2.37. The predicted molar refractivity (Wildman–Crippen MR) is 74.1 cm³/mol. The van der Waals surface area contributed by atoms with Crippen molar-refractivity contribution in [3.63, 3.8) is 0 Å². The van der Waals surface area contributed by atoms with Crippen molar-refractivity contribution >= 4 is 11.5 Å². The third-order valence-electron chi connectivity index (χ3n) is 2.96. The summed E-state index contributed by atoms with van der Waals surface area (Å²) in [6.07, 6.45) is 0. The molecule has 2 aromatic rings. The highest BCUT2D eigenvalue weighted by atomic mass is 16.6. The van der Waals surface area contributed by atoms with Crippen LogP contribution in [-0.2, 0) is 6.54 Å². The minimum absolute atomic E-state index is 0.150. The molecule has 98 valence electrons. The molecule has 0 aliphatic carbocycles. The molecule has 2 rings (SSSR count). The van der Waals surface area contributed by atoms with E-state index in [0.29, 0.717) is 12.1 Å². The Hall–Kier alpha value is -2.43. The van der Waals surface area contributed by atoms with Gasteiger partial charge in [-0.15, -0.1) is 0 Å². The summed E-state index contributed by atoms with van der Waals surface area (Å²) in [7, 11) is 0. The minimum atomic E-state index is -0.357. The van der Waals surface area contributed by atoms with E-state index in [1.54, 1.807) is 13.0 Å². The molecule has 0 aliphatic heterocycles. The lowest BCUT2D eigenvalue weighted by molar-refractivity contribution is -0.385. The van der Waals surface area contributed by atoms with Crippen LogP contribution < -0.4 is 5.32 Å². The van der Waals surface area contributed by atoms with Crippen molar-refractivity contribution in [2.45, 2.75) is 20.4 Å².